The Hall–Kier alpha value is -1.38. The van der Waals surface area contributed by atoms with Crippen molar-refractivity contribution in [2.75, 3.05) is 5.32 Å². The fraction of sp³-hybridized carbons (Fsp3) is 0.143. The molecule has 8 heteroatoms. The molecule has 78 valence electrons. The highest BCUT2D eigenvalue weighted by molar-refractivity contribution is 7.10. The smallest absolute Gasteiger partial charge is 0.248 e. The lowest BCUT2D eigenvalue weighted by Crippen LogP contribution is -2.26. The van der Waals surface area contributed by atoms with Gasteiger partial charge < -0.3 is 5.73 Å². The third kappa shape index (κ3) is 2.35. The Morgan fingerprint density at radius 3 is 3.07 bits per heavy atom. The molecule has 0 aliphatic rings. The van der Waals surface area contributed by atoms with E-state index in [0.29, 0.717) is 5.13 Å². The Bertz CT molecular complexity index is 426. The van der Waals surface area contributed by atoms with Gasteiger partial charge in [-0.2, -0.15) is 0 Å². The number of nitrogens with two attached hydrogens (primary N) is 1. The van der Waals surface area contributed by atoms with Crippen molar-refractivity contribution in [2.45, 2.75) is 6.04 Å². The molecule has 0 saturated carbocycles. The number of nitrogens with zero attached hydrogens (tertiary/aromatic N) is 3. The summed E-state index contributed by atoms with van der Waals surface area (Å²) >= 11 is 2.45. The van der Waals surface area contributed by atoms with Crippen LogP contribution in [0.5, 0.6) is 0 Å². The van der Waals surface area contributed by atoms with Crippen LogP contribution in [0.3, 0.4) is 0 Å². The van der Waals surface area contributed by atoms with E-state index in [4.69, 9.17) is 5.73 Å². The number of aromatic nitrogens is 3. The zero-order valence-electron chi connectivity index (χ0n) is 7.45. The highest BCUT2D eigenvalue weighted by Crippen LogP contribution is 2.18. The van der Waals surface area contributed by atoms with Gasteiger partial charge >= 0.3 is 0 Å². The fourth-order valence-corrected chi connectivity index (χ4v) is 2.06. The molecule has 2 heterocycles. The summed E-state index contributed by atoms with van der Waals surface area (Å²) in [6.45, 7) is 0. The number of carbonyl (C=O) groups is 1. The average Bonchev–Trinajstić information content (AvgIpc) is 2.88. The molecule has 2 aromatic rings. The Kier molecular flexibility index (Phi) is 2.99. The topological polar surface area (TPSA) is 93.8 Å². The van der Waals surface area contributed by atoms with Crippen LogP contribution < -0.4 is 11.1 Å². The summed E-state index contributed by atoms with van der Waals surface area (Å²) in [4.78, 5) is 12.4. The van der Waals surface area contributed by atoms with E-state index in [0.717, 1.165) is 16.4 Å². The van der Waals surface area contributed by atoms with Crippen molar-refractivity contribution < 1.29 is 4.79 Å². The van der Waals surface area contributed by atoms with Crippen LogP contribution in [0.1, 0.15) is 10.9 Å². The maximum absolute atomic E-state index is 11.6. The Labute approximate surface area is 93.3 Å². The highest BCUT2D eigenvalue weighted by Gasteiger charge is 2.17. The van der Waals surface area contributed by atoms with Crippen LogP contribution >= 0.6 is 22.9 Å². The van der Waals surface area contributed by atoms with E-state index >= 15 is 0 Å². The second-order valence-corrected chi connectivity index (χ2v) is 4.36. The molecule has 0 fully saturated rings. The van der Waals surface area contributed by atoms with Crippen molar-refractivity contribution in [3.05, 3.63) is 22.4 Å². The lowest BCUT2D eigenvalue weighted by molar-refractivity contribution is -0.117. The summed E-state index contributed by atoms with van der Waals surface area (Å²) in [5, 5.41) is 11.7. The maximum atomic E-state index is 11.6. The summed E-state index contributed by atoms with van der Waals surface area (Å²) in [6, 6.07) is 2.99. The molecule has 6 nitrogen and oxygen atoms in total. The Morgan fingerprint density at radius 1 is 1.60 bits per heavy atom. The fourth-order valence-electron chi connectivity index (χ4n) is 0.962. The Morgan fingerprint density at radius 2 is 2.47 bits per heavy atom. The number of amides is 1. The third-order valence-electron chi connectivity index (χ3n) is 1.66. The predicted octanol–water partition coefficient (Wildman–Crippen LogP) is 0.633. The molecule has 0 aromatic carbocycles. The van der Waals surface area contributed by atoms with Crippen molar-refractivity contribution >= 4 is 33.9 Å². The van der Waals surface area contributed by atoms with Crippen molar-refractivity contribution in [2.24, 2.45) is 5.73 Å². The van der Waals surface area contributed by atoms with Crippen molar-refractivity contribution in [1.82, 2.24) is 14.8 Å². The lowest BCUT2D eigenvalue weighted by atomic mass is 10.2. The van der Waals surface area contributed by atoms with Gasteiger partial charge in [-0.25, -0.2) is 0 Å². The van der Waals surface area contributed by atoms with Crippen LogP contribution in [0.2, 0.25) is 0 Å². The molecule has 0 aliphatic heterocycles. The SMILES string of the molecule is NC(C(=O)Nc1nnns1)c1cccs1. The summed E-state index contributed by atoms with van der Waals surface area (Å²) in [7, 11) is 0. The minimum absolute atomic E-state index is 0.309. The maximum Gasteiger partial charge on any atom is 0.248 e. The summed E-state index contributed by atoms with van der Waals surface area (Å²) in [5.74, 6) is -0.309. The van der Waals surface area contributed by atoms with E-state index in [1.54, 1.807) is 0 Å². The highest BCUT2D eigenvalue weighted by atomic mass is 32.1. The zero-order chi connectivity index (χ0) is 10.7. The first-order valence-corrected chi connectivity index (χ1v) is 5.67. The molecule has 0 aliphatic carbocycles. The number of carbonyl (C=O) groups excluding carboxylic acids is 1. The van der Waals surface area contributed by atoms with E-state index in [9.17, 15) is 4.79 Å². The Balaban J connectivity index is 2.03. The van der Waals surface area contributed by atoms with Crippen molar-refractivity contribution in [3.63, 3.8) is 0 Å². The van der Waals surface area contributed by atoms with Crippen LogP contribution in [-0.2, 0) is 4.79 Å². The molecule has 1 atom stereocenters. The second kappa shape index (κ2) is 4.43. The van der Waals surface area contributed by atoms with Gasteiger partial charge in [0.1, 0.15) is 6.04 Å². The molecule has 3 N–H and O–H groups in total. The molecule has 2 aromatic heterocycles. The molecule has 0 saturated heterocycles. The van der Waals surface area contributed by atoms with Crippen molar-refractivity contribution in [1.29, 1.82) is 0 Å². The lowest BCUT2D eigenvalue weighted by Gasteiger charge is -2.07. The van der Waals surface area contributed by atoms with E-state index in [2.05, 4.69) is 20.1 Å². The van der Waals surface area contributed by atoms with Gasteiger partial charge in [-0.1, -0.05) is 15.7 Å². The van der Waals surface area contributed by atoms with Gasteiger partial charge in [-0.15, -0.1) is 11.3 Å². The minimum Gasteiger partial charge on any atom is -0.316 e. The first-order chi connectivity index (χ1) is 7.27. The largest absolute Gasteiger partial charge is 0.316 e. The quantitative estimate of drug-likeness (QED) is 0.822. The van der Waals surface area contributed by atoms with Gasteiger partial charge in [0.05, 0.1) is 0 Å². The number of nitrogens with one attached hydrogen (secondary N) is 1. The molecule has 1 unspecified atom stereocenters. The number of anilines is 1. The van der Waals surface area contributed by atoms with Crippen molar-refractivity contribution in [3.8, 4) is 0 Å². The normalized spacial score (nSPS) is 12.3. The standard InChI is InChI=1S/C7H7N5OS2/c8-5(4-2-1-3-14-4)6(13)9-7-10-11-12-15-7/h1-3,5H,8H2,(H,9,10,12,13). The van der Waals surface area contributed by atoms with E-state index in [-0.39, 0.29) is 5.91 Å². The van der Waals surface area contributed by atoms with Gasteiger partial charge in [-0.05, 0) is 16.7 Å². The molecular formula is C7H7N5OS2. The number of thiophene rings is 1. The monoisotopic (exact) mass is 241 g/mol. The summed E-state index contributed by atoms with van der Waals surface area (Å²) < 4.78 is 3.52. The average molecular weight is 241 g/mol. The van der Waals surface area contributed by atoms with E-state index in [1.807, 2.05) is 17.5 Å². The molecule has 0 bridgehead atoms. The predicted molar refractivity (Wildman–Crippen MR) is 57.6 cm³/mol. The number of rotatable bonds is 3. The van der Waals surface area contributed by atoms with Crippen LogP contribution in [-0.4, -0.2) is 20.7 Å². The first kappa shape index (κ1) is 10.1. The molecule has 1 amide bonds. The van der Waals surface area contributed by atoms with Gasteiger partial charge in [-0.3, -0.25) is 10.1 Å². The first-order valence-electron chi connectivity index (χ1n) is 4.02. The van der Waals surface area contributed by atoms with Gasteiger partial charge in [0.25, 0.3) is 0 Å². The van der Waals surface area contributed by atoms with Crippen LogP contribution in [0.15, 0.2) is 17.5 Å². The van der Waals surface area contributed by atoms with Crippen LogP contribution in [0.4, 0.5) is 5.13 Å². The third-order valence-corrected chi connectivity index (χ3v) is 3.13. The molecule has 0 radical (unpaired) electrons. The summed E-state index contributed by atoms with van der Waals surface area (Å²) in [6.07, 6.45) is 0. The molecular weight excluding hydrogens is 234 g/mol. The van der Waals surface area contributed by atoms with Crippen LogP contribution in [0, 0.1) is 0 Å². The van der Waals surface area contributed by atoms with E-state index < -0.39 is 6.04 Å². The molecule has 2 rings (SSSR count). The van der Waals surface area contributed by atoms with E-state index in [1.165, 1.54) is 11.3 Å². The van der Waals surface area contributed by atoms with Gasteiger partial charge in [0.2, 0.25) is 11.0 Å². The number of hydrogen-bond acceptors (Lipinski definition) is 7. The van der Waals surface area contributed by atoms with Crippen LogP contribution in [0.25, 0.3) is 0 Å². The van der Waals surface area contributed by atoms with Gasteiger partial charge in [0, 0.05) is 16.4 Å². The summed E-state index contributed by atoms with van der Waals surface area (Å²) in [5.41, 5.74) is 5.73. The number of hydrogen-bond donors (Lipinski definition) is 2. The second-order valence-electron chi connectivity index (χ2n) is 2.65. The zero-order valence-corrected chi connectivity index (χ0v) is 9.09. The minimum atomic E-state index is -0.672. The van der Waals surface area contributed by atoms with Gasteiger partial charge in [0.15, 0.2) is 0 Å². The molecule has 0 spiro atoms. The molecule has 15 heavy (non-hydrogen) atoms.